The second-order valence-electron chi connectivity index (χ2n) is 21.0. The number of pyridine rings is 6. The molecule has 9 aromatic rings. The zero-order valence-corrected chi connectivity index (χ0v) is 48.1. The summed E-state index contributed by atoms with van der Waals surface area (Å²) in [5, 5.41) is 0. The smallest absolute Gasteiger partial charge is 0.122 e. The fraction of sp³-hybridized carbons (Fsp3) is 0.304. The van der Waals surface area contributed by atoms with Gasteiger partial charge in [0.2, 0.25) is 0 Å². The minimum Gasteiger partial charge on any atom is -0.492 e. The molecule has 0 spiro atoms. The lowest BCUT2D eigenvalue weighted by Gasteiger charge is -2.24. The quantitative estimate of drug-likeness (QED) is 0.0423. The SMILES string of the molecule is Cc1ccc(-c2ccc(COC(C)Cc3ccccc3OCCN(CCOc3ccccc3CC(C)OCc3ccc(-c4ccc(C)cn4)nc3)CCOc3ccccc3CC(C)OCc3ccc(-c4ccc(C)cn4)nc3)cn2)nc1. The third-order valence-corrected chi connectivity index (χ3v) is 14.0. The highest BCUT2D eigenvalue weighted by Gasteiger charge is 2.16. The standard InChI is InChI=1S/C69H75N7O6/c1-49-19-25-61(70-40-49)64-28-22-55(43-73-64)46-80-52(4)37-58-13-7-10-16-67(58)77-34-31-76(32-35-78-68-17-11-8-14-59(68)38-53(5)81-47-56-23-29-65(74-44-56)62-26-20-50(2)41-71-62)33-36-79-69-18-12-9-15-60(69)39-54(6)82-48-57-24-30-66(75-45-57)63-27-21-51(3)42-72-63/h7-30,40-45,52-54H,31-39,46-48H2,1-6H3. The Labute approximate surface area is 483 Å². The monoisotopic (exact) mass is 1100 g/mol. The van der Waals surface area contributed by atoms with E-state index in [0.717, 1.165) is 101 Å². The van der Waals surface area contributed by atoms with Crippen LogP contribution in [0.5, 0.6) is 17.2 Å². The molecule has 13 nitrogen and oxygen atoms in total. The lowest BCUT2D eigenvalue weighted by molar-refractivity contribution is 0.0528. The zero-order valence-electron chi connectivity index (χ0n) is 48.1. The lowest BCUT2D eigenvalue weighted by Crippen LogP contribution is -2.35. The average Bonchev–Trinajstić information content (AvgIpc) is 3.50. The summed E-state index contributed by atoms with van der Waals surface area (Å²) >= 11 is 0. The molecule has 3 unspecified atom stereocenters. The molecule has 3 atom stereocenters. The van der Waals surface area contributed by atoms with Crippen LogP contribution >= 0.6 is 0 Å². The van der Waals surface area contributed by atoms with Crippen LogP contribution in [-0.4, -0.2) is 92.6 Å². The number of aryl methyl sites for hydroxylation is 3. The third-order valence-electron chi connectivity index (χ3n) is 14.0. The van der Waals surface area contributed by atoms with Crippen LogP contribution in [0, 0.1) is 20.8 Å². The van der Waals surface area contributed by atoms with Crippen molar-refractivity contribution in [2.75, 3.05) is 39.5 Å². The Morgan fingerprint density at radius 2 is 0.598 bits per heavy atom. The minimum absolute atomic E-state index is 0.0569. The molecule has 6 aromatic heterocycles. The third kappa shape index (κ3) is 17.9. The van der Waals surface area contributed by atoms with E-state index in [-0.39, 0.29) is 18.3 Å². The van der Waals surface area contributed by atoms with Gasteiger partial charge in [-0.15, -0.1) is 0 Å². The first-order chi connectivity index (χ1) is 40.1. The summed E-state index contributed by atoms with van der Waals surface area (Å²) in [6.07, 6.45) is 13.1. The van der Waals surface area contributed by atoms with Crippen molar-refractivity contribution in [1.29, 1.82) is 0 Å². The average molecular weight is 1100 g/mol. The summed E-state index contributed by atoms with van der Waals surface area (Å²) in [4.78, 5) is 29.8. The maximum atomic E-state index is 6.58. The maximum absolute atomic E-state index is 6.58. The van der Waals surface area contributed by atoms with Gasteiger partial charge in [-0.05, 0) is 146 Å². The number of hydrogen-bond acceptors (Lipinski definition) is 13. The maximum Gasteiger partial charge on any atom is 0.122 e. The molecule has 0 saturated carbocycles. The van der Waals surface area contributed by atoms with E-state index in [1.165, 1.54) is 0 Å². The van der Waals surface area contributed by atoms with E-state index in [9.17, 15) is 0 Å². The van der Waals surface area contributed by atoms with Gasteiger partial charge in [0.25, 0.3) is 0 Å². The van der Waals surface area contributed by atoms with Gasteiger partial charge in [0.15, 0.2) is 0 Å². The summed E-state index contributed by atoms with van der Waals surface area (Å²) in [5.41, 5.74) is 14.7. The van der Waals surface area contributed by atoms with Gasteiger partial charge in [-0.2, -0.15) is 0 Å². The first-order valence-electron chi connectivity index (χ1n) is 28.4. The molecule has 0 N–H and O–H groups in total. The summed E-state index contributed by atoms with van der Waals surface area (Å²) < 4.78 is 38.8. The molecule has 0 fully saturated rings. The molecule has 0 amide bonds. The van der Waals surface area contributed by atoms with Gasteiger partial charge in [-0.1, -0.05) is 91.0 Å². The number of para-hydroxylation sites is 3. The Balaban J connectivity index is 0.787. The highest BCUT2D eigenvalue weighted by atomic mass is 16.5. The van der Waals surface area contributed by atoms with Crippen LogP contribution in [0.3, 0.4) is 0 Å². The van der Waals surface area contributed by atoms with Crippen molar-refractivity contribution >= 4 is 0 Å². The summed E-state index contributed by atoms with van der Waals surface area (Å²) in [6, 6.07) is 48.9. The van der Waals surface area contributed by atoms with Gasteiger partial charge in [-0.25, -0.2) is 0 Å². The van der Waals surface area contributed by atoms with Crippen molar-refractivity contribution in [1.82, 2.24) is 34.8 Å². The Morgan fingerprint density at radius 3 is 0.854 bits per heavy atom. The number of hydrogen-bond donors (Lipinski definition) is 0. The Morgan fingerprint density at radius 1 is 0.329 bits per heavy atom. The van der Waals surface area contributed by atoms with Crippen molar-refractivity contribution < 1.29 is 28.4 Å². The molecule has 0 aliphatic rings. The van der Waals surface area contributed by atoms with E-state index in [1.807, 2.05) is 149 Å². The summed E-state index contributed by atoms with van der Waals surface area (Å²) in [7, 11) is 0. The molecule has 9 rings (SSSR count). The second kappa shape index (κ2) is 30.0. The molecule has 0 bridgehead atoms. The molecule has 3 aromatic carbocycles. The van der Waals surface area contributed by atoms with E-state index in [0.29, 0.717) is 78.5 Å². The number of ether oxygens (including phenoxy) is 6. The predicted molar refractivity (Wildman–Crippen MR) is 323 cm³/mol. The van der Waals surface area contributed by atoms with Crippen LogP contribution in [0.1, 0.15) is 70.8 Å². The molecule has 82 heavy (non-hydrogen) atoms. The van der Waals surface area contributed by atoms with Gasteiger partial charge in [-0.3, -0.25) is 34.8 Å². The van der Waals surface area contributed by atoms with Gasteiger partial charge in [0.1, 0.15) is 37.1 Å². The van der Waals surface area contributed by atoms with Gasteiger partial charge < -0.3 is 28.4 Å². The second-order valence-corrected chi connectivity index (χ2v) is 21.0. The van der Waals surface area contributed by atoms with Crippen molar-refractivity contribution in [2.24, 2.45) is 0 Å². The van der Waals surface area contributed by atoms with Gasteiger partial charge >= 0.3 is 0 Å². The molecule has 0 aliphatic carbocycles. The van der Waals surface area contributed by atoms with Crippen LogP contribution in [0.4, 0.5) is 0 Å². The van der Waals surface area contributed by atoms with Crippen LogP contribution in [0.25, 0.3) is 34.2 Å². The van der Waals surface area contributed by atoms with Crippen LogP contribution < -0.4 is 14.2 Å². The fourth-order valence-electron chi connectivity index (χ4n) is 9.29. The summed E-state index contributed by atoms with van der Waals surface area (Å²) in [5.74, 6) is 2.54. The molecule has 0 radical (unpaired) electrons. The Bertz CT molecular complexity index is 2990. The molecule has 422 valence electrons. The van der Waals surface area contributed by atoms with Crippen molar-refractivity contribution in [3.8, 4) is 51.4 Å². The zero-order chi connectivity index (χ0) is 56.9. The molecule has 0 aliphatic heterocycles. The molecular weight excluding hydrogens is 1020 g/mol. The number of nitrogens with zero attached hydrogens (tertiary/aromatic N) is 7. The largest absolute Gasteiger partial charge is 0.492 e. The van der Waals surface area contributed by atoms with Crippen LogP contribution in [0.2, 0.25) is 0 Å². The first kappa shape index (κ1) is 58.5. The van der Waals surface area contributed by atoms with E-state index in [4.69, 9.17) is 28.4 Å². The lowest BCUT2D eigenvalue weighted by atomic mass is 10.1. The normalized spacial score (nSPS) is 12.5. The van der Waals surface area contributed by atoms with Crippen LogP contribution in [0.15, 0.2) is 183 Å². The summed E-state index contributed by atoms with van der Waals surface area (Å²) in [6.45, 7) is 17.1. The topological polar surface area (TPSA) is 136 Å². The van der Waals surface area contributed by atoms with E-state index >= 15 is 0 Å². The van der Waals surface area contributed by atoms with E-state index < -0.39 is 0 Å². The molecule has 0 saturated heterocycles. The molecule has 6 heterocycles. The van der Waals surface area contributed by atoms with Crippen molar-refractivity contribution in [3.63, 3.8) is 0 Å². The predicted octanol–water partition coefficient (Wildman–Crippen LogP) is 13.3. The van der Waals surface area contributed by atoms with Gasteiger partial charge in [0, 0.05) is 76.1 Å². The van der Waals surface area contributed by atoms with Crippen molar-refractivity contribution in [2.45, 2.75) is 98.9 Å². The van der Waals surface area contributed by atoms with Crippen LogP contribution in [-0.2, 0) is 53.3 Å². The minimum atomic E-state index is -0.0569. The Hall–Kier alpha value is -8.20. The first-order valence-corrected chi connectivity index (χ1v) is 28.4. The highest BCUT2D eigenvalue weighted by molar-refractivity contribution is 5.56. The highest BCUT2D eigenvalue weighted by Crippen LogP contribution is 2.26. The molecule has 13 heteroatoms. The van der Waals surface area contributed by atoms with Crippen molar-refractivity contribution in [3.05, 3.63) is 233 Å². The number of aromatic nitrogens is 6. The van der Waals surface area contributed by atoms with E-state index in [1.54, 1.807) is 0 Å². The number of rotatable bonds is 30. The molecular formula is C69H75N7O6. The Kier molecular flexibility index (Phi) is 21.4. The number of benzene rings is 3. The fourth-order valence-corrected chi connectivity index (χ4v) is 9.29. The van der Waals surface area contributed by atoms with E-state index in [2.05, 4.69) is 110 Å². The van der Waals surface area contributed by atoms with Gasteiger partial charge in [0.05, 0.1) is 72.3 Å².